The fourth-order valence-electron chi connectivity index (χ4n) is 0.747. The fourth-order valence-corrected chi connectivity index (χ4v) is 0.747. The molecule has 4 nitrogen and oxygen atoms in total. The van der Waals surface area contributed by atoms with Gasteiger partial charge in [0.25, 0.3) is 0 Å². The molecule has 0 saturated heterocycles. The lowest BCUT2D eigenvalue weighted by molar-refractivity contribution is -0.121. The van der Waals surface area contributed by atoms with E-state index < -0.39 is 0 Å². The predicted molar refractivity (Wildman–Crippen MR) is 47.9 cm³/mol. The van der Waals surface area contributed by atoms with Crippen molar-refractivity contribution in [3.05, 3.63) is 0 Å². The summed E-state index contributed by atoms with van der Waals surface area (Å²) in [5.41, 5.74) is 0. The third kappa shape index (κ3) is 7.50. The highest BCUT2D eigenvalue weighted by atomic mass is 16.3. The lowest BCUT2D eigenvalue weighted by atomic mass is 10.3. The van der Waals surface area contributed by atoms with Gasteiger partial charge in [-0.2, -0.15) is 0 Å². The second-order valence-corrected chi connectivity index (χ2v) is 2.98. The summed E-state index contributed by atoms with van der Waals surface area (Å²) in [7, 11) is 3.92. The molecule has 2 N–H and O–H groups in total. The second-order valence-electron chi connectivity index (χ2n) is 2.98. The van der Waals surface area contributed by atoms with Crippen LogP contribution in [0.1, 0.15) is 12.8 Å². The molecule has 0 rings (SSSR count). The molecule has 0 spiro atoms. The quantitative estimate of drug-likeness (QED) is 0.567. The van der Waals surface area contributed by atoms with Gasteiger partial charge in [-0.15, -0.1) is 0 Å². The Kier molecular flexibility index (Phi) is 6.70. The van der Waals surface area contributed by atoms with E-state index in [4.69, 9.17) is 5.11 Å². The first kappa shape index (κ1) is 11.4. The van der Waals surface area contributed by atoms with Crippen LogP contribution in [0, 0.1) is 0 Å². The zero-order valence-electron chi connectivity index (χ0n) is 7.84. The summed E-state index contributed by atoms with van der Waals surface area (Å²) >= 11 is 0. The summed E-state index contributed by atoms with van der Waals surface area (Å²) in [5.74, 6) is 0.0194. The van der Waals surface area contributed by atoms with E-state index in [1.54, 1.807) is 0 Å². The first-order chi connectivity index (χ1) is 5.66. The van der Waals surface area contributed by atoms with Crippen LogP contribution in [0.5, 0.6) is 0 Å². The first-order valence-corrected chi connectivity index (χ1v) is 4.19. The molecule has 4 heteroatoms. The molecule has 72 valence electrons. The standard InChI is InChI=1S/C8H18N2O2/c1-10(2)6-5-9-8(12)4-3-7-11/h11H,3-7H2,1-2H3,(H,9,12). The van der Waals surface area contributed by atoms with Crippen molar-refractivity contribution in [2.24, 2.45) is 0 Å². The van der Waals surface area contributed by atoms with Crippen LogP contribution in [0.4, 0.5) is 0 Å². The topological polar surface area (TPSA) is 52.6 Å². The maximum Gasteiger partial charge on any atom is 0.220 e. The molecule has 0 aliphatic heterocycles. The smallest absolute Gasteiger partial charge is 0.220 e. The van der Waals surface area contributed by atoms with E-state index >= 15 is 0 Å². The van der Waals surface area contributed by atoms with Gasteiger partial charge in [-0.25, -0.2) is 0 Å². The Balaban J connectivity index is 3.20. The van der Waals surface area contributed by atoms with Crippen molar-refractivity contribution in [1.82, 2.24) is 10.2 Å². The maximum absolute atomic E-state index is 10.9. The zero-order chi connectivity index (χ0) is 9.40. The number of aliphatic hydroxyl groups is 1. The molecular formula is C8H18N2O2. The molecule has 0 aromatic rings. The zero-order valence-corrected chi connectivity index (χ0v) is 7.84. The number of amides is 1. The van der Waals surface area contributed by atoms with Crippen LogP contribution >= 0.6 is 0 Å². The number of likely N-dealkylation sites (N-methyl/N-ethyl adjacent to an activating group) is 1. The molecule has 0 aliphatic carbocycles. The van der Waals surface area contributed by atoms with Gasteiger partial charge in [0.1, 0.15) is 0 Å². The Morgan fingerprint density at radius 1 is 1.50 bits per heavy atom. The summed E-state index contributed by atoms with van der Waals surface area (Å²) in [6.45, 7) is 1.61. The molecule has 0 heterocycles. The minimum Gasteiger partial charge on any atom is -0.396 e. The molecule has 0 aromatic heterocycles. The van der Waals surface area contributed by atoms with Gasteiger partial charge < -0.3 is 15.3 Å². The molecule has 0 unspecified atom stereocenters. The number of carbonyl (C=O) groups is 1. The van der Waals surface area contributed by atoms with Crippen LogP contribution in [0.15, 0.2) is 0 Å². The van der Waals surface area contributed by atoms with Crippen molar-refractivity contribution in [1.29, 1.82) is 0 Å². The van der Waals surface area contributed by atoms with Crippen LogP contribution < -0.4 is 5.32 Å². The van der Waals surface area contributed by atoms with Gasteiger partial charge in [-0.3, -0.25) is 4.79 Å². The highest BCUT2D eigenvalue weighted by Crippen LogP contribution is 1.85. The van der Waals surface area contributed by atoms with E-state index in [9.17, 15) is 4.79 Å². The number of nitrogens with zero attached hydrogens (tertiary/aromatic N) is 1. The van der Waals surface area contributed by atoms with Gasteiger partial charge in [-0.1, -0.05) is 0 Å². The van der Waals surface area contributed by atoms with Crippen molar-refractivity contribution in [2.45, 2.75) is 12.8 Å². The monoisotopic (exact) mass is 174 g/mol. The second kappa shape index (κ2) is 7.06. The molecule has 1 amide bonds. The van der Waals surface area contributed by atoms with Crippen LogP contribution in [-0.2, 0) is 4.79 Å². The van der Waals surface area contributed by atoms with E-state index in [1.807, 2.05) is 19.0 Å². The Bertz CT molecular complexity index is 126. The Hall–Kier alpha value is -0.610. The third-order valence-corrected chi connectivity index (χ3v) is 1.44. The van der Waals surface area contributed by atoms with Crippen LogP contribution in [0.25, 0.3) is 0 Å². The number of hydrogen-bond acceptors (Lipinski definition) is 3. The van der Waals surface area contributed by atoms with E-state index in [1.165, 1.54) is 0 Å². The minimum absolute atomic E-state index is 0.0194. The van der Waals surface area contributed by atoms with E-state index in [0.717, 1.165) is 6.54 Å². The highest BCUT2D eigenvalue weighted by molar-refractivity contribution is 5.75. The molecule has 12 heavy (non-hydrogen) atoms. The molecule has 0 aliphatic rings. The molecular weight excluding hydrogens is 156 g/mol. The Morgan fingerprint density at radius 3 is 2.67 bits per heavy atom. The van der Waals surface area contributed by atoms with Crippen LogP contribution in [0.3, 0.4) is 0 Å². The maximum atomic E-state index is 10.9. The van der Waals surface area contributed by atoms with Crippen LogP contribution in [-0.4, -0.2) is 49.7 Å². The Labute approximate surface area is 73.6 Å². The van der Waals surface area contributed by atoms with E-state index in [0.29, 0.717) is 19.4 Å². The number of hydrogen-bond donors (Lipinski definition) is 2. The molecule has 0 fully saturated rings. The van der Waals surface area contributed by atoms with Gasteiger partial charge >= 0.3 is 0 Å². The predicted octanol–water partition coefficient (Wildman–Crippen LogP) is -0.563. The van der Waals surface area contributed by atoms with Crippen molar-refractivity contribution < 1.29 is 9.90 Å². The highest BCUT2D eigenvalue weighted by Gasteiger charge is 1.98. The molecule has 0 saturated carbocycles. The number of carbonyl (C=O) groups excluding carboxylic acids is 1. The summed E-state index contributed by atoms with van der Waals surface area (Å²) in [6.07, 6.45) is 0.970. The largest absolute Gasteiger partial charge is 0.396 e. The number of aliphatic hydroxyl groups excluding tert-OH is 1. The fraction of sp³-hybridized carbons (Fsp3) is 0.875. The van der Waals surface area contributed by atoms with Gasteiger partial charge in [0.15, 0.2) is 0 Å². The molecule has 0 radical (unpaired) electrons. The van der Waals surface area contributed by atoms with Crippen molar-refractivity contribution in [3.8, 4) is 0 Å². The summed E-state index contributed by atoms with van der Waals surface area (Å²) in [4.78, 5) is 12.9. The minimum atomic E-state index is 0.0194. The molecule has 0 bridgehead atoms. The Morgan fingerprint density at radius 2 is 2.17 bits per heavy atom. The van der Waals surface area contributed by atoms with Crippen molar-refractivity contribution in [3.63, 3.8) is 0 Å². The average Bonchev–Trinajstić information content (AvgIpc) is 2.00. The van der Waals surface area contributed by atoms with Crippen molar-refractivity contribution >= 4 is 5.91 Å². The number of nitrogens with one attached hydrogen (secondary N) is 1. The molecule has 0 atom stereocenters. The summed E-state index contributed by atoms with van der Waals surface area (Å²) in [6, 6.07) is 0. The van der Waals surface area contributed by atoms with Gasteiger partial charge in [0.05, 0.1) is 0 Å². The third-order valence-electron chi connectivity index (χ3n) is 1.44. The lowest BCUT2D eigenvalue weighted by Crippen LogP contribution is -2.31. The SMILES string of the molecule is CN(C)CCNC(=O)CCCO. The number of rotatable bonds is 6. The van der Waals surface area contributed by atoms with Crippen LogP contribution in [0.2, 0.25) is 0 Å². The molecule has 0 aromatic carbocycles. The first-order valence-electron chi connectivity index (χ1n) is 4.19. The van der Waals surface area contributed by atoms with Gasteiger partial charge in [0.2, 0.25) is 5.91 Å². The van der Waals surface area contributed by atoms with E-state index in [-0.39, 0.29) is 12.5 Å². The average molecular weight is 174 g/mol. The normalized spacial score (nSPS) is 10.3. The van der Waals surface area contributed by atoms with E-state index in [2.05, 4.69) is 5.32 Å². The summed E-state index contributed by atoms with van der Waals surface area (Å²) < 4.78 is 0. The van der Waals surface area contributed by atoms with Gasteiger partial charge in [0, 0.05) is 26.1 Å². The lowest BCUT2D eigenvalue weighted by Gasteiger charge is -2.09. The van der Waals surface area contributed by atoms with Gasteiger partial charge in [-0.05, 0) is 20.5 Å². The summed E-state index contributed by atoms with van der Waals surface area (Å²) in [5, 5.41) is 11.2. The van der Waals surface area contributed by atoms with Crippen molar-refractivity contribution in [2.75, 3.05) is 33.8 Å².